The molecule has 0 atom stereocenters. The van der Waals surface area contributed by atoms with E-state index in [1.165, 1.54) is 0 Å². The molecule has 0 radical (unpaired) electrons. The zero-order valence-electron chi connectivity index (χ0n) is 13.1. The molecule has 1 amide bonds. The minimum atomic E-state index is 0.0124. The number of carbonyl (C=O) groups excluding carboxylic acids is 1. The fourth-order valence-electron chi connectivity index (χ4n) is 2.19. The highest BCUT2D eigenvalue weighted by Gasteiger charge is 2.18. The van der Waals surface area contributed by atoms with Gasteiger partial charge < -0.3 is 4.90 Å². The maximum absolute atomic E-state index is 12.6. The van der Waals surface area contributed by atoms with Crippen LogP contribution in [0.5, 0.6) is 0 Å². The van der Waals surface area contributed by atoms with Crippen LogP contribution in [0.25, 0.3) is 0 Å². The summed E-state index contributed by atoms with van der Waals surface area (Å²) in [6, 6.07) is 5.65. The molecule has 0 aliphatic heterocycles. The van der Waals surface area contributed by atoms with Crippen molar-refractivity contribution in [3.8, 4) is 0 Å². The van der Waals surface area contributed by atoms with E-state index in [1.54, 1.807) is 11.1 Å². The Labute approximate surface area is 125 Å². The molecular weight excluding hydrogens is 264 g/mol. The first-order valence-electron chi connectivity index (χ1n) is 7.19. The quantitative estimate of drug-likeness (QED) is 0.848. The van der Waals surface area contributed by atoms with E-state index in [2.05, 4.69) is 23.9 Å². The van der Waals surface area contributed by atoms with Crippen LogP contribution in [0, 0.1) is 6.92 Å². The number of pyridine rings is 1. The highest BCUT2D eigenvalue weighted by Crippen LogP contribution is 2.19. The second kappa shape index (κ2) is 6.52. The lowest BCUT2D eigenvalue weighted by molar-refractivity contribution is 0.0787. The lowest BCUT2D eigenvalue weighted by atomic mass is 10.0. The van der Waals surface area contributed by atoms with Gasteiger partial charge in [0.25, 0.3) is 5.91 Å². The van der Waals surface area contributed by atoms with Crippen molar-refractivity contribution in [1.82, 2.24) is 19.7 Å². The summed E-state index contributed by atoms with van der Waals surface area (Å²) in [5.41, 5.74) is 2.50. The maximum Gasteiger partial charge on any atom is 0.255 e. The van der Waals surface area contributed by atoms with Crippen LogP contribution >= 0.6 is 0 Å². The molecule has 2 aromatic rings. The summed E-state index contributed by atoms with van der Waals surface area (Å²) in [5.74, 6) is 0.238. The number of hydrogen-bond donors (Lipinski definition) is 0. The fraction of sp³-hybridized carbons (Fsp3) is 0.438. The SMILES string of the molecule is Cc1ccc(C(=O)N(C)CCn2cccn2)c(C(C)C)n1. The lowest BCUT2D eigenvalue weighted by Gasteiger charge is -2.20. The number of rotatable bonds is 5. The second-order valence-electron chi connectivity index (χ2n) is 5.54. The topological polar surface area (TPSA) is 51.0 Å². The molecule has 0 spiro atoms. The van der Waals surface area contributed by atoms with Crippen LogP contribution in [0.1, 0.15) is 41.5 Å². The number of likely N-dealkylation sites (N-methyl/N-ethyl adjacent to an activating group) is 1. The van der Waals surface area contributed by atoms with Crippen molar-refractivity contribution in [2.45, 2.75) is 33.2 Å². The van der Waals surface area contributed by atoms with Crippen LogP contribution in [0.15, 0.2) is 30.6 Å². The number of aryl methyl sites for hydroxylation is 1. The smallest absolute Gasteiger partial charge is 0.255 e. The summed E-state index contributed by atoms with van der Waals surface area (Å²) in [5, 5.41) is 4.14. The van der Waals surface area contributed by atoms with Crippen LogP contribution < -0.4 is 0 Å². The van der Waals surface area contributed by atoms with E-state index in [4.69, 9.17) is 0 Å². The summed E-state index contributed by atoms with van der Waals surface area (Å²) >= 11 is 0. The van der Waals surface area contributed by atoms with Crippen molar-refractivity contribution >= 4 is 5.91 Å². The summed E-state index contributed by atoms with van der Waals surface area (Å²) in [4.78, 5) is 18.8. The molecule has 0 aliphatic carbocycles. The van der Waals surface area contributed by atoms with Crippen LogP contribution in [-0.4, -0.2) is 39.2 Å². The van der Waals surface area contributed by atoms with Gasteiger partial charge in [-0.1, -0.05) is 13.8 Å². The first kappa shape index (κ1) is 15.2. The van der Waals surface area contributed by atoms with E-state index in [0.717, 1.165) is 11.4 Å². The van der Waals surface area contributed by atoms with Gasteiger partial charge in [0.1, 0.15) is 0 Å². The Morgan fingerprint density at radius 2 is 2.14 bits per heavy atom. The van der Waals surface area contributed by atoms with Crippen molar-refractivity contribution in [1.29, 1.82) is 0 Å². The lowest BCUT2D eigenvalue weighted by Crippen LogP contribution is -2.31. The van der Waals surface area contributed by atoms with Crippen molar-refractivity contribution in [3.05, 3.63) is 47.5 Å². The normalized spacial score (nSPS) is 10.9. The van der Waals surface area contributed by atoms with Gasteiger partial charge in [-0.3, -0.25) is 14.5 Å². The Morgan fingerprint density at radius 1 is 1.38 bits per heavy atom. The number of aromatic nitrogens is 3. The molecule has 0 bridgehead atoms. The van der Waals surface area contributed by atoms with Crippen molar-refractivity contribution < 1.29 is 4.79 Å². The first-order chi connectivity index (χ1) is 9.99. The van der Waals surface area contributed by atoms with Crippen LogP contribution in [0.2, 0.25) is 0 Å². The van der Waals surface area contributed by atoms with Gasteiger partial charge >= 0.3 is 0 Å². The molecule has 0 aliphatic rings. The molecule has 2 aromatic heterocycles. The van der Waals surface area contributed by atoms with Gasteiger partial charge in [-0.25, -0.2) is 0 Å². The molecule has 0 saturated carbocycles. The minimum absolute atomic E-state index is 0.0124. The Hall–Kier alpha value is -2.17. The fourth-order valence-corrected chi connectivity index (χ4v) is 2.19. The first-order valence-corrected chi connectivity index (χ1v) is 7.19. The molecule has 2 rings (SSSR count). The summed E-state index contributed by atoms with van der Waals surface area (Å²) < 4.78 is 1.82. The third kappa shape index (κ3) is 3.68. The zero-order valence-corrected chi connectivity index (χ0v) is 13.1. The predicted molar refractivity (Wildman–Crippen MR) is 82.3 cm³/mol. The van der Waals surface area contributed by atoms with E-state index >= 15 is 0 Å². The average Bonchev–Trinajstić information content (AvgIpc) is 2.97. The number of hydrogen-bond acceptors (Lipinski definition) is 3. The van der Waals surface area contributed by atoms with Gasteiger partial charge in [0.05, 0.1) is 17.8 Å². The van der Waals surface area contributed by atoms with Crippen molar-refractivity contribution in [2.75, 3.05) is 13.6 Å². The van der Waals surface area contributed by atoms with Gasteiger partial charge in [0.15, 0.2) is 0 Å². The van der Waals surface area contributed by atoms with E-state index in [0.29, 0.717) is 18.7 Å². The van der Waals surface area contributed by atoms with Gasteiger partial charge in [0.2, 0.25) is 0 Å². The average molecular weight is 286 g/mol. The highest BCUT2D eigenvalue weighted by molar-refractivity contribution is 5.95. The second-order valence-corrected chi connectivity index (χ2v) is 5.54. The van der Waals surface area contributed by atoms with Gasteiger partial charge in [-0.05, 0) is 31.0 Å². The van der Waals surface area contributed by atoms with Gasteiger partial charge in [-0.2, -0.15) is 5.10 Å². The van der Waals surface area contributed by atoms with Crippen LogP contribution in [0.4, 0.5) is 0 Å². The summed E-state index contributed by atoms with van der Waals surface area (Å²) in [6.45, 7) is 7.36. The van der Waals surface area contributed by atoms with E-state index in [1.807, 2.05) is 43.0 Å². The molecule has 0 unspecified atom stereocenters. The van der Waals surface area contributed by atoms with Crippen LogP contribution in [-0.2, 0) is 6.54 Å². The van der Waals surface area contributed by atoms with E-state index in [9.17, 15) is 4.79 Å². The van der Waals surface area contributed by atoms with Crippen molar-refractivity contribution in [2.24, 2.45) is 0 Å². The Kier molecular flexibility index (Phi) is 4.73. The monoisotopic (exact) mass is 286 g/mol. The molecular formula is C16H22N4O. The molecule has 0 fully saturated rings. The number of carbonyl (C=O) groups is 1. The van der Waals surface area contributed by atoms with E-state index < -0.39 is 0 Å². The Balaban J connectivity index is 2.11. The molecule has 5 heteroatoms. The molecule has 2 heterocycles. The Morgan fingerprint density at radius 3 is 2.76 bits per heavy atom. The zero-order chi connectivity index (χ0) is 15.4. The maximum atomic E-state index is 12.6. The summed E-state index contributed by atoms with van der Waals surface area (Å²) in [7, 11) is 1.82. The molecule has 0 N–H and O–H groups in total. The van der Waals surface area contributed by atoms with Crippen molar-refractivity contribution in [3.63, 3.8) is 0 Å². The molecule has 0 saturated heterocycles. The number of nitrogens with zero attached hydrogens (tertiary/aromatic N) is 4. The van der Waals surface area contributed by atoms with Crippen LogP contribution in [0.3, 0.4) is 0 Å². The number of amides is 1. The van der Waals surface area contributed by atoms with Gasteiger partial charge in [-0.15, -0.1) is 0 Å². The highest BCUT2D eigenvalue weighted by atomic mass is 16.2. The standard InChI is InChI=1S/C16H22N4O/c1-12(2)15-14(7-6-13(3)18-15)16(21)19(4)10-11-20-9-5-8-17-20/h5-9,12H,10-11H2,1-4H3. The van der Waals surface area contributed by atoms with E-state index in [-0.39, 0.29) is 11.8 Å². The van der Waals surface area contributed by atoms with Gasteiger partial charge in [0, 0.05) is 31.7 Å². The molecule has 5 nitrogen and oxygen atoms in total. The minimum Gasteiger partial charge on any atom is -0.340 e. The largest absolute Gasteiger partial charge is 0.340 e. The molecule has 112 valence electrons. The summed E-state index contributed by atoms with van der Waals surface area (Å²) in [6.07, 6.45) is 3.63. The molecule has 21 heavy (non-hydrogen) atoms. The third-order valence-corrected chi connectivity index (χ3v) is 3.41. The Bertz CT molecular complexity index is 605. The predicted octanol–water partition coefficient (Wildman–Crippen LogP) is 2.48. The molecule has 0 aromatic carbocycles. The third-order valence-electron chi connectivity index (χ3n) is 3.41.